The largest absolute Gasteiger partial charge is 0.308 e. The predicted octanol–water partition coefficient (Wildman–Crippen LogP) is 2.79. The van der Waals surface area contributed by atoms with E-state index in [-0.39, 0.29) is 0 Å². The van der Waals surface area contributed by atoms with Crippen molar-refractivity contribution in [3.63, 3.8) is 0 Å². The van der Waals surface area contributed by atoms with Crippen LogP contribution in [0.4, 0.5) is 0 Å². The van der Waals surface area contributed by atoms with Crippen molar-refractivity contribution in [2.75, 3.05) is 0 Å². The van der Waals surface area contributed by atoms with E-state index in [9.17, 15) is 0 Å². The quantitative estimate of drug-likeness (QED) is 0.873. The van der Waals surface area contributed by atoms with Gasteiger partial charge in [-0.2, -0.15) is 5.10 Å². The van der Waals surface area contributed by atoms with Crippen molar-refractivity contribution in [1.82, 2.24) is 15.1 Å². The van der Waals surface area contributed by atoms with Crippen LogP contribution >= 0.6 is 0 Å². The lowest BCUT2D eigenvalue weighted by Crippen LogP contribution is -2.35. The summed E-state index contributed by atoms with van der Waals surface area (Å²) in [6.45, 7) is 7.76. The fourth-order valence-corrected chi connectivity index (χ4v) is 2.68. The minimum absolute atomic E-state index is 0.557. The SMILES string of the molecule is Cc1cc(CNC2CCC(C)(C)CC2)n(C)n1. The third kappa shape index (κ3) is 3.32. The van der Waals surface area contributed by atoms with Crippen LogP contribution in [0.3, 0.4) is 0 Å². The number of hydrogen-bond donors (Lipinski definition) is 1. The molecule has 1 N–H and O–H groups in total. The van der Waals surface area contributed by atoms with Gasteiger partial charge in [-0.15, -0.1) is 0 Å². The van der Waals surface area contributed by atoms with E-state index >= 15 is 0 Å². The van der Waals surface area contributed by atoms with Gasteiger partial charge in [-0.05, 0) is 44.1 Å². The van der Waals surface area contributed by atoms with Crippen LogP contribution in [0, 0.1) is 12.3 Å². The van der Waals surface area contributed by atoms with Crippen molar-refractivity contribution >= 4 is 0 Å². The Balaban J connectivity index is 1.82. The first kappa shape index (κ1) is 12.6. The van der Waals surface area contributed by atoms with Crippen LogP contribution in [0.25, 0.3) is 0 Å². The second kappa shape index (κ2) is 4.81. The third-order valence-electron chi connectivity index (χ3n) is 4.01. The molecule has 0 aromatic carbocycles. The molecule has 1 heterocycles. The van der Waals surface area contributed by atoms with E-state index in [0.717, 1.165) is 12.2 Å². The van der Waals surface area contributed by atoms with E-state index in [4.69, 9.17) is 0 Å². The van der Waals surface area contributed by atoms with E-state index in [1.54, 1.807) is 0 Å². The Labute approximate surface area is 105 Å². The number of hydrogen-bond acceptors (Lipinski definition) is 2. The van der Waals surface area contributed by atoms with Crippen LogP contribution in [-0.4, -0.2) is 15.8 Å². The fraction of sp³-hybridized carbons (Fsp3) is 0.786. The van der Waals surface area contributed by atoms with Gasteiger partial charge in [-0.1, -0.05) is 13.8 Å². The second-order valence-corrected chi connectivity index (χ2v) is 6.22. The first-order chi connectivity index (χ1) is 7.96. The zero-order valence-electron chi connectivity index (χ0n) is 11.6. The minimum atomic E-state index is 0.557. The summed E-state index contributed by atoms with van der Waals surface area (Å²) in [7, 11) is 2.02. The molecule has 0 saturated heterocycles. The van der Waals surface area contributed by atoms with Gasteiger partial charge < -0.3 is 5.32 Å². The molecule has 0 bridgehead atoms. The van der Waals surface area contributed by atoms with Crippen LogP contribution in [0.2, 0.25) is 0 Å². The third-order valence-corrected chi connectivity index (χ3v) is 4.01. The van der Waals surface area contributed by atoms with Crippen molar-refractivity contribution in [1.29, 1.82) is 0 Å². The molecule has 1 aromatic heterocycles. The molecule has 3 heteroatoms. The Bertz CT molecular complexity index is 369. The smallest absolute Gasteiger partial charge is 0.0597 e. The maximum Gasteiger partial charge on any atom is 0.0597 e. The molecule has 1 saturated carbocycles. The maximum absolute atomic E-state index is 4.37. The summed E-state index contributed by atoms with van der Waals surface area (Å²) in [6.07, 6.45) is 5.30. The molecule has 0 atom stereocenters. The average Bonchev–Trinajstić information content (AvgIpc) is 2.56. The molecule has 1 aromatic rings. The predicted molar refractivity (Wildman–Crippen MR) is 70.8 cm³/mol. The maximum atomic E-state index is 4.37. The summed E-state index contributed by atoms with van der Waals surface area (Å²) in [5.74, 6) is 0. The molecule has 17 heavy (non-hydrogen) atoms. The van der Waals surface area contributed by atoms with Crippen LogP contribution in [-0.2, 0) is 13.6 Å². The molecule has 2 rings (SSSR count). The Morgan fingerprint density at radius 2 is 2.06 bits per heavy atom. The van der Waals surface area contributed by atoms with Crippen LogP contribution in [0.5, 0.6) is 0 Å². The Kier molecular flexibility index (Phi) is 3.57. The van der Waals surface area contributed by atoms with Crippen molar-refractivity contribution in [3.05, 3.63) is 17.5 Å². The lowest BCUT2D eigenvalue weighted by Gasteiger charge is -2.34. The molecule has 0 amide bonds. The van der Waals surface area contributed by atoms with Gasteiger partial charge in [-0.3, -0.25) is 4.68 Å². The zero-order chi connectivity index (χ0) is 12.5. The second-order valence-electron chi connectivity index (χ2n) is 6.22. The Morgan fingerprint density at radius 1 is 1.41 bits per heavy atom. The van der Waals surface area contributed by atoms with Crippen LogP contribution in [0.15, 0.2) is 6.07 Å². The van der Waals surface area contributed by atoms with Gasteiger partial charge in [0.05, 0.1) is 11.4 Å². The fourth-order valence-electron chi connectivity index (χ4n) is 2.68. The molecule has 1 aliphatic rings. The van der Waals surface area contributed by atoms with Crippen LogP contribution < -0.4 is 5.32 Å². The normalized spacial score (nSPS) is 20.7. The molecular formula is C14H25N3. The number of aryl methyl sites for hydroxylation is 2. The van der Waals surface area contributed by atoms with Gasteiger partial charge in [0.15, 0.2) is 0 Å². The number of rotatable bonds is 3. The summed E-state index contributed by atoms with van der Waals surface area (Å²) in [6, 6.07) is 2.86. The van der Waals surface area contributed by atoms with Gasteiger partial charge in [0, 0.05) is 19.6 Å². The lowest BCUT2D eigenvalue weighted by molar-refractivity contribution is 0.205. The highest BCUT2D eigenvalue weighted by atomic mass is 15.3. The summed E-state index contributed by atoms with van der Waals surface area (Å²) >= 11 is 0. The monoisotopic (exact) mass is 235 g/mol. The highest BCUT2D eigenvalue weighted by Crippen LogP contribution is 2.35. The summed E-state index contributed by atoms with van der Waals surface area (Å²) in [4.78, 5) is 0. The standard InChI is InChI=1S/C14H25N3/c1-11-9-13(17(4)16-11)10-15-12-5-7-14(2,3)8-6-12/h9,12,15H,5-8,10H2,1-4H3. The molecule has 0 spiro atoms. The zero-order valence-corrected chi connectivity index (χ0v) is 11.6. The van der Waals surface area contributed by atoms with E-state index in [1.165, 1.54) is 31.4 Å². The van der Waals surface area contributed by atoms with E-state index in [0.29, 0.717) is 11.5 Å². The summed E-state index contributed by atoms with van der Waals surface area (Å²) < 4.78 is 1.98. The van der Waals surface area contributed by atoms with Crippen molar-refractivity contribution in [2.45, 2.75) is 59.0 Å². The number of nitrogens with zero attached hydrogens (tertiary/aromatic N) is 2. The first-order valence-corrected chi connectivity index (χ1v) is 6.69. The minimum Gasteiger partial charge on any atom is -0.308 e. The summed E-state index contributed by atoms with van der Waals surface area (Å²) in [5, 5.41) is 8.04. The van der Waals surface area contributed by atoms with Gasteiger partial charge in [0.2, 0.25) is 0 Å². The summed E-state index contributed by atoms with van der Waals surface area (Å²) in [5.41, 5.74) is 2.95. The van der Waals surface area contributed by atoms with Crippen molar-refractivity contribution in [3.8, 4) is 0 Å². The van der Waals surface area contributed by atoms with Gasteiger partial charge in [0.1, 0.15) is 0 Å². The Hall–Kier alpha value is -0.830. The molecule has 96 valence electrons. The van der Waals surface area contributed by atoms with E-state index in [1.807, 2.05) is 18.7 Å². The molecular weight excluding hydrogens is 210 g/mol. The average molecular weight is 235 g/mol. The van der Waals surface area contributed by atoms with Gasteiger partial charge in [-0.25, -0.2) is 0 Å². The molecule has 1 fully saturated rings. The van der Waals surface area contributed by atoms with Gasteiger partial charge in [0.25, 0.3) is 0 Å². The Morgan fingerprint density at radius 3 is 2.59 bits per heavy atom. The van der Waals surface area contributed by atoms with Crippen molar-refractivity contribution < 1.29 is 0 Å². The number of nitrogens with one attached hydrogen (secondary N) is 1. The van der Waals surface area contributed by atoms with Crippen LogP contribution in [0.1, 0.15) is 50.9 Å². The first-order valence-electron chi connectivity index (χ1n) is 6.69. The molecule has 3 nitrogen and oxygen atoms in total. The highest BCUT2D eigenvalue weighted by molar-refractivity contribution is 5.08. The molecule has 0 unspecified atom stereocenters. The topological polar surface area (TPSA) is 29.9 Å². The van der Waals surface area contributed by atoms with Gasteiger partial charge >= 0.3 is 0 Å². The van der Waals surface area contributed by atoms with Crippen molar-refractivity contribution in [2.24, 2.45) is 12.5 Å². The van der Waals surface area contributed by atoms with E-state index in [2.05, 4.69) is 30.3 Å². The van der Waals surface area contributed by atoms with E-state index < -0.39 is 0 Å². The molecule has 1 aliphatic carbocycles. The highest BCUT2D eigenvalue weighted by Gasteiger charge is 2.26. The molecule has 0 aliphatic heterocycles. The number of aromatic nitrogens is 2. The molecule has 0 radical (unpaired) electrons. The lowest BCUT2D eigenvalue weighted by atomic mass is 9.75.